The van der Waals surface area contributed by atoms with E-state index in [4.69, 9.17) is 0 Å². The smallest absolute Gasteiger partial charge is 0.265 e. The number of hydrogen-bond acceptors (Lipinski definition) is 4. The highest BCUT2D eigenvalue weighted by molar-refractivity contribution is 7.86. The van der Waals surface area contributed by atoms with Gasteiger partial charge in [0.05, 0.1) is 6.21 Å². The van der Waals surface area contributed by atoms with Crippen molar-refractivity contribution in [1.82, 2.24) is 0 Å². The van der Waals surface area contributed by atoms with Gasteiger partial charge in [-0.1, -0.05) is 53.7 Å². The zero-order chi connectivity index (χ0) is 12.8. The van der Waals surface area contributed by atoms with Crippen molar-refractivity contribution in [2.75, 3.05) is 0 Å². The Morgan fingerprint density at radius 2 is 1.44 bits per heavy atom. The summed E-state index contributed by atoms with van der Waals surface area (Å²) >= 11 is 0. The average Bonchev–Trinajstić information content (AvgIpc) is 2.41. The van der Waals surface area contributed by atoms with Crippen LogP contribution in [0.3, 0.4) is 0 Å². The molecule has 0 unspecified atom stereocenters. The standard InChI is InChI=1S/C13H11NO3S/c15-18(16,13-9-5-2-6-10-13)17-14-11-12-7-3-1-4-8-12/h1-11H/b14-11+. The molecule has 18 heavy (non-hydrogen) atoms. The molecule has 0 radical (unpaired) electrons. The van der Waals surface area contributed by atoms with E-state index in [0.29, 0.717) is 0 Å². The minimum absolute atomic E-state index is 0.0789. The maximum atomic E-state index is 11.7. The predicted octanol–water partition coefficient (Wildman–Crippen LogP) is 2.43. The van der Waals surface area contributed by atoms with Gasteiger partial charge in [-0.05, 0) is 17.7 Å². The van der Waals surface area contributed by atoms with Gasteiger partial charge in [-0.2, -0.15) is 8.42 Å². The summed E-state index contributed by atoms with van der Waals surface area (Å²) in [5.74, 6) is 0. The fraction of sp³-hybridized carbons (Fsp3) is 0. The second-order valence-corrected chi connectivity index (χ2v) is 5.02. The van der Waals surface area contributed by atoms with E-state index >= 15 is 0 Å². The van der Waals surface area contributed by atoms with Gasteiger partial charge in [0.25, 0.3) is 0 Å². The first kappa shape index (κ1) is 12.3. The molecule has 0 aromatic heterocycles. The number of nitrogens with zero attached hydrogens (tertiary/aromatic N) is 1. The molecule has 0 N–H and O–H groups in total. The quantitative estimate of drug-likeness (QED) is 0.627. The maximum absolute atomic E-state index is 11.7. The Morgan fingerprint density at radius 1 is 0.889 bits per heavy atom. The lowest BCUT2D eigenvalue weighted by molar-refractivity contribution is 0.341. The Bertz CT molecular complexity index is 622. The van der Waals surface area contributed by atoms with E-state index in [1.807, 2.05) is 18.2 Å². The lowest BCUT2D eigenvalue weighted by Crippen LogP contribution is -2.02. The van der Waals surface area contributed by atoms with Crippen LogP contribution in [0.5, 0.6) is 0 Å². The van der Waals surface area contributed by atoms with Gasteiger partial charge in [0.1, 0.15) is 4.90 Å². The minimum atomic E-state index is -3.83. The van der Waals surface area contributed by atoms with Gasteiger partial charge in [-0.15, -0.1) is 0 Å². The van der Waals surface area contributed by atoms with E-state index in [1.54, 1.807) is 30.3 Å². The van der Waals surface area contributed by atoms with Crippen LogP contribution in [0.1, 0.15) is 5.56 Å². The third-order valence-corrected chi connectivity index (χ3v) is 3.31. The summed E-state index contributed by atoms with van der Waals surface area (Å²) in [7, 11) is -3.83. The van der Waals surface area contributed by atoms with Crippen molar-refractivity contribution in [3.8, 4) is 0 Å². The van der Waals surface area contributed by atoms with Gasteiger partial charge >= 0.3 is 10.1 Å². The second-order valence-electron chi connectivity index (χ2n) is 3.49. The van der Waals surface area contributed by atoms with Crippen LogP contribution in [0, 0.1) is 0 Å². The molecule has 2 rings (SSSR count). The third kappa shape index (κ3) is 3.18. The second kappa shape index (κ2) is 5.46. The molecule has 5 heteroatoms. The summed E-state index contributed by atoms with van der Waals surface area (Å²) < 4.78 is 27.9. The van der Waals surface area contributed by atoms with Crippen molar-refractivity contribution >= 4 is 16.3 Å². The molecule has 0 saturated heterocycles. The average molecular weight is 261 g/mol. The molecule has 0 fully saturated rings. The molecule has 0 aliphatic heterocycles. The summed E-state index contributed by atoms with van der Waals surface area (Å²) in [6.45, 7) is 0. The van der Waals surface area contributed by atoms with E-state index in [2.05, 4.69) is 9.44 Å². The van der Waals surface area contributed by atoms with Crippen LogP contribution in [-0.4, -0.2) is 14.6 Å². The monoisotopic (exact) mass is 261 g/mol. The minimum Gasteiger partial charge on any atom is -0.265 e. The van der Waals surface area contributed by atoms with Crippen LogP contribution in [0.2, 0.25) is 0 Å². The van der Waals surface area contributed by atoms with E-state index in [1.165, 1.54) is 18.3 Å². The molecule has 92 valence electrons. The third-order valence-electron chi connectivity index (χ3n) is 2.17. The van der Waals surface area contributed by atoms with Gasteiger partial charge in [-0.25, -0.2) is 0 Å². The Kier molecular flexibility index (Phi) is 3.74. The van der Waals surface area contributed by atoms with Crippen molar-refractivity contribution < 1.29 is 12.7 Å². The first-order chi connectivity index (χ1) is 8.68. The SMILES string of the molecule is O=S(=O)(O/N=C/c1ccccc1)c1ccccc1. The fourth-order valence-corrected chi connectivity index (χ4v) is 2.04. The lowest BCUT2D eigenvalue weighted by Gasteiger charge is -2.00. The zero-order valence-corrected chi connectivity index (χ0v) is 10.2. The molecule has 0 aliphatic rings. The van der Waals surface area contributed by atoms with Crippen LogP contribution >= 0.6 is 0 Å². The van der Waals surface area contributed by atoms with Crippen LogP contribution in [0.15, 0.2) is 70.7 Å². The summed E-state index contributed by atoms with van der Waals surface area (Å²) in [5, 5.41) is 3.48. The highest BCUT2D eigenvalue weighted by atomic mass is 32.2. The van der Waals surface area contributed by atoms with E-state index < -0.39 is 10.1 Å². The van der Waals surface area contributed by atoms with Crippen LogP contribution < -0.4 is 0 Å². The molecule has 2 aromatic rings. The molecule has 0 atom stereocenters. The largest absolute Gasteiger partial charge is 0.358 e. The maximum Gasteiger partial charge on any atom is 0.358 e. The molecular weight excluding hydrogens is 250 g/mol. The summed E-state index contributed by atoms with van der Waals surface area (Å²) in [4.78, 5) is 0.0789. The van der Waals surface area contributed by atoms with Gasteiger partial charge in [-0.3, -0.25) is 4.28 Å². The number of oxime groups is 1. The highest BCUT2D eigenvalue weighted by Crippen LogP contribution is 2.11. The Hall–Kier alpha value is -2.14. The summed E-state index contributed by atoms with van der Waals surface area (Å²) in [5.41, 5.74) is 0.765. The van der Waals surface area contributed by atoms with Gasteiger partial charge in [0.15, 0.2) is 0 Å². The molecule has 0 saturated carbocycles. The summed E-state index contributed by atoms with van der Waals surface area (Å²) in [6.07, 6.45) is 1.35. The molecule has 2 aromatic carbocycles. The van der Waals surface area contributed by atoms with Crippen molar-refractivity contribution in [2.24, 2.45) is 5.16 Å². The molecule has 0 heterocycles. The van der Waals surface area contributed by atoms with Crippen LogP contribution in [0.4, 0.5) is 0 Å². The first-order valence-corrected chi connectivity index (χ1v) is 6.66. The molecule has 0 aliphatic carbocycles. The van der Waals surface area contributed by atoms with E-state index in [0.717, 1.165) is 5.56 Å². The Labute approximate surface area is 106 Å². The molecular formula is C13H11NO3S. The Balaban J connectivity index is 2.09. The molecule has 0 amide bonds. The van der Waals surface area contributed by atoms with Crippen LogP contribution in [0.25, 0.3) is 0 Å². The number of hydrogen-bond donors (Lipinski definition) is 0. The lowest BCUT2D eigenvalue weighted by atomic mass is 10.2. The van der Waals surface area contributed by atoms with Crippen molar-refractivity contribution in [1.29, 1.82) is 0 Å². The van der Waals surface area contributed by atoms with E-state index in [9.17, 15) is 8.42 Å². The van der Waals surface area contributed by atoms with Crippen molar-refractivity contribution in [3.63, 3.8) is 0 Å². The normalized spacial score (nSPS) is 11.6. The summed E-state index contributed by atoms with van der Waals surface area (Å²) in [6, 6.07) is 17.0. The van der Waals surface area contributed by atoms with Gasteiger partial charge < -0.3 is 0 Å². The zero-order valence-electron chi connectivity index (χ0n) is 9.43. The van der Waals surface area contributed by atoms with Crippen molar-refractivity contribution in [3.05, 3.63) is 66.2 Å². The highest BCUT2D eigenvalue weighted by Gasteiger charge is 2.13. The number of rotatable bonds is 4. The van der Waals surface area contributed by atoms with Crippen molar-refractivity contribution in [2.45, 2.75) is 4.90 Å². The fourth-order valence-electron chi connectivity index (χ4n) is 1.31. The van der Waals surface area contributed by atoms with E-state index in [-0.39, 0.29) is 4.90 Å². The van der Waals surface area contributed by atoms with Crippen LogP contribution in [-0.2, 0) is 14.4 Å². The number of benzene rings is 2. The Morgan fingerprint density at radius 3 is 2.06 bits per heavy atom. The molecule has 0 spiro atoms. The first-order valence-electron chi connectivity index (χ1n) is 5.25. The van der Waals surface area contributed by atoms with Gasteiger partial charge in [0, 0.05) is 0 Å². The molecule has 4 nitrogen and oxygen atoms in total. The topological polar surface area (TPSA) is 55.7 Å². The predicted molar refractivity (Wildman–Crippen MR) is 68.7 cm³/mol. The van der Waals surface area contributed by atoms with Gasteiger partial charge in [0.2, 0.25) is 0 Å². The molecule has 0 bridgehead atoms.